The molecular formula is C19H24N2S. The SMILES string of the molecule is CSc1ccc(C(c2ccc(C)cc2)N2CCNCC2)cc1. The lowest BCUT2D eigenvalue weighted by atomic mass is 9.96. The molecule has 2 aromatic rings. The Hall–Kier alpha value is -1.29. The van der Waals surface area contributed by atoms with Gasteiger partial charge < -0.3 is 5.32 Å². The van der Waals surface area contributed by atoms with E-state index in [1.54, 1.807) is 11.8 Å². The van der Waals surface area contributed by atoms with Crippen molar-refractivity contribution in [3.8, 4) is 0 Å². The first-order valence-electron chi connectivity index (χ1n) is 7.93. The van der Waals surface area contributed by atoms with E-state index in [1.165, 1.54) is 21.6 Å². The summed E-state index contributed by atoms with van der Waals surface area (Å²) < 4.78 is 0. The number of piperazine rings is 1. The van der Waals surface area contributed by atoms with Gasteiger partial charge in [-0.3, -0.25) is 4.90 Å². The first-order chi connectivity index (χ1) is 10.8. The maximum absolute atomic E-state index is 3.45. The minimum absolute atomic E-state index is 0.360. The molecular weight excluding hydrogens is 288 g/mol. The van der Waals surface area contributed by atoms with Crippen molar-refractivity contribution in [3.63, 3.8) is 0 Å². The fourth-order valence-corrected chi connectivity index (χ4v) is 3.50. The van der Waals surface area contributed by atoms with Crippen LogP contribution in [0.3, 0.4) is 0 Å². The summed E-state index contributed by atoms with van der Waals surface area (Å²) in [6.07, 6.45) is 2.13. The standard InChI is InChI=1S/C19H24N2S/c1-15-3-5-16(6-4-15)19(21-13-11-20-12-14-21)17-7-9-18(22-2)10-8-17/h3-10,19-20H,11-14H2,1-2H3. The molecule has 0 saturated carbocycles. The van der Waals surface area contributed by atoms with Crippen molar-refractivity contribution in [3.05, 3.63) is 65.2 Å². The zero-order valence-electron chi connectivity index (χ0n) is 13.4. The molecule has 0 amide bonds. The van der Waals surface area contributed by atoms with E-state index in [1.807, 2.05) is 0 Å². The van der Waals surface area contributed by atoms with Crippen molar-refractivity contribution in [1.29, 1.82) is 0 Å². The van der Waals surface area contributed by atoms with Crippen LogP contribution in [0.4, 0.5) is 0 Å². The van der Waals surface area contributed by atoms with Crippen LogP contribution in [-0.4, -0.2) is 37.3 Å². The summed E-state index contributed by atoms with van der Waals surface area (Å²) in [5.74, 6) is 0. The highest BCUT2D eigenvalue weighted by Crippen LogP contribution is 2.30. The van der Waals surface area contributed by atoms with E-state index >= 15 is 0 Å². The van der Waals surface area contributed by atoms with Crippen molar-refractivity contribution in [1.82, 2.24) is 10.2 Å². The molecule has 1 aliphatic rings. The molecule has 3 heteroatoms. The lowest BCUT2D eigenvalue weighted by Gasteiger charge is -2.35. The summed E-state index contributed by atoms with van der Waals surface area (Å²) in [7, 11) is 0. The van der Waals surface area contributed by atoms with Gasteiger partial charge in [0.2, 0.25) is 0 Å². The molecule has 0 bridgehead atoms. The van der Waals surface area contributed by atoms with Gasteiger partial charge >= 0.3 is 0 Å². The maximum atomic E-state index is 3.45. The molecule has 1 atom stereocenters. The van der Waals surface area contributed by atoms with E-state index in [0.717, 1.165) is 26.2 Å². The molecule has 1 fully saturated rings. The third kappa shape index (κ3) is 3.54. The molecule has 116 valence electrons. The second kappa shape index (κ2) is 7.32. The fraction of sp³-hybridized carbons (Fsp3) is 0.368. The average molecular weight is 312 g/mol. The summed E-state index contributed by atoms with van der Waals surface area (Å²) in [6.45, 7) is 6.50. The Morgan fingerprint density at radius 3 is 2.00 bits per heavy atom. The van der Waals surface area contributed by atoms with Crippen LogP contribution < -0.4 is 5.32 Å². The normalized spacial score (nSPS) is 17.4. The molecule has 3 rings (SSSR count). The molecule has 0 spiro atoms. The highest BCUT2D eigenvalue weighted by atomic mass is 32.2. The molecule has 1 heterocycles. The summed E-state index contributed by atoms with van der Waals surface area (Å²) in [5.41, 5.74) is 4.11. The van der Waals surface area contributed by atoms with Gasteiger partial charge in [-0.2, -0.15) is 0 Å². The minimum atomic E-state index is 0.360. The third-order valence-electron chi connectivity index (χ3n) is 4.34. The van der Waals surface area contributed by atoms with Gasteiger partial charge in [0.05, 0.1) is 6.04 Å². The third-order valence-corrected chi connectivity index (χ3v) is 5.08. The van der Waals surface area contributed by atoms with Crippen LogP contribution in [0.1, 0.15) is 22.7 Å². The van der Waals surface area contributed by atoms with Crippen LogP contribution >= 0.6 is 11.8 Å². The topological polar surface area (TPSA) is 15.3 Å². The Kier molecular flexibility index (Phi) is 5.19. The monoisotopic (exact) mass is 312 g/mol. The van der Waals surface area contributed by atoms with Gasteiger partial charge in [0.15, 0.2) is 0 Å². The quantitative estimate of drug-likeness (QED) is 0.867. The van der Waals surface area contributed by atoms with Crippen molar-refractivity contribution >= 4 is 11.8 Å². The molecule has 1 saturated heterocycles. The highest BCUT2D eigenvalue weighted by molar-refractivity contribution is 7.98. The van der Waals surface area contributed by atoms with Crippen LogP contribution in [0.15, 0.2) is 53.4 Å². The van der Waals surface area contributed by atoms with Gasteiger partial charge in [0.1, 0.15) is 0 Å². The van der Waals surface area contributed by atoms with E-state index in [-0.39, 0.29) is 0 Å². The van der Waals surface area contributed by atoms with Gasteiger partial charge in [0, 0.05) is 31.1 Å². The second-order valence-corrected chi connectivity index (χ2v) is 6.75. The van der Waals surface area contributed by atoms with Gasteiger partial charge in [-0.15, -0.1) is 11.8 Å². The van der Waals surface area contributed by atoms with Crippen molar-refractivity contribution < 1.29 is 0 Å². The highest BCUT2D eigenvalue weighted by Gasteiger charge is 2.23. The zero-order valence-corrected chi connectivity index (χ0v) is 14.2. The maximum Gasteiger partial charge on any atom is 0.0602 e. The summed E-state index contributed by atoms with van der Waals surface area (Å²) in [4.78, 5) is 3.92. The molecule has 1 N–H and O–H groups in total. The first kappa shape index (κ1) is 15.6. The fourth-order valence-electron chi connectivity index (χ4n) is 3.09. The number of aryl methyl sites for hydroxylation is 1. The number of nitrogens with zero attached hydrogens (tertiary/aromatic N) is 1. The van der Waals surface area contributed by atoms with Crippen LogP contribution in [0.25, 0.3) is 0 Å². The Morgan fingerprint density at radius 1 is 0.909 bits per heavy atom. The number of nitrogens with one attached hydrogen (secondary N) is 1. The average Bonchev–Trinajstić information content (AvgIpc) is 2.58. The molecule has 0 aromatic heterocycles. The predicted molar refractivity (Wildman–Crippen MR) is 95.7 cm³/mol. The lowest BCUT2D eigenvalue weighted by Crippen LogP contribution is -2.45. The van der Waals surface area contributed by atoms with E-state index in [0.29, 0.717) is 6.04 Å². The molecule has 1 unspecified atom stereocenters. The summed E-state index contributed by atoms with van der Waals surface area (Å²) in [5, 5.41) is 3.45. The number of benzene rings is 2. The van der Waals surface area contributed by atoms with Gasteiger partial charge in [-0.1, -0.05) is 42.0 Å². The summed E-state index contributed by atoms with van der Waals surface area (Å²) in [6, 6.07) is 18.4. The number of rotatable bonds is 4. The molecule has 22 heavy (non-hydrogen) atoms. The minimum Gasteiger partial charge on any atom is -0.314 e. The molecule has 0 aliphatic carbocycles. The smallest absolute Gasteiger partial charge is 0.0602 e. The Bertz CT molecular complexity index is 586. The van der Waals surface area contributed by atoms with Crippen LogP contribution in [0, 0.1) is 6.92 Å². The van der Waals surface area contributed by atoms with E-state index in [9.17, 15) is 0 Å². The van der Waals surface area contributed by atoms with E-state index < -0.39 is 0 Å². The van der Waals surface area contributed by atoms with Crippen molar-refractivity contribution in [2.45, 2.75) is 17.9 Å². The molecule has 0 radical (unpaired) electrons. The number of hydrogen-bond acceptors (Lipinski definition) is 3. The largest absolute Gasteiger partial charge is 0.314 e. The van der Waals surface area contributed by atoms with Crippen LogP contribution in [-0.2, 0) is 0 Å². The predicted octanol–water partition coefficient (Wildman–Crippen LogP) is 3.71. The molecule has 1 aliphatic heterocycles. The number of hydrogen-bond donors (Lipinski definition) is 1. The molecule has 2 aromatic carbocycles. The first-order valence-corrected chi connectivity index (χ1v) is 9.15. The zero-order chi connectivity index (χ0) is 15.4. The van der Waals surface area contributed by atoms with Gasteiger partial charge in [-0.25, -0.2) is 0 Å². The van der Waals surface area contributed by atoms with Crippen LogP contribution in [0.5, 0.6) is 0 Å². The second-order valence-electron chi connectivity index (χ2n) is 5.87. The summed E-state index contributed by atoms with van der Waals surface area (Å²) >= 11 is 1.80. The number of thioether (sulfide) groups is 1. The Labute approximate surface area is 137 Å². The van der Waals surface area contributed by atoms with Gasteiger partial charge in [-0.05, 0) is 36.4 Å². The Balaban J connectivity index is 1.95. The van der Waals surface area contributed by atoms with Crippen molar-refractivity contribution in [2.75, 3.05) is 32.4 Å². The lowest BCUT2D eigenvalue weighted by molar-refractivity contribution is 0.198. The molecule has 2 nitrogen and oxygen atoms in total. The van der Waals surface area contributed by atoms with Crippen LogP contribution in [0.2, 0.25) is 0 Å². The van der Waals surface area contributed by atoms with Crippen molar-refractivity contribution in [2.24, 2.45) is 0 Å². The Morgan fingerprint density at radius 2 is 1.45 bits per heavy atom. The van der Waals surface area contributed by atoms with E-state index in [2.05, 4.69) is 71.9 Å². The van der Waals surface area contributed by atoms with E-state index in [4.69, 9.17) is 0 Å². The van der Waals surface area contributed by atoms with Gasteiger partial charge in [0.25, 0.3) is 0 Å².